The zero-order valence-corrected chi connectivity index (χ0v) is 16.2. The van der Waals surface area contributed by atoms with E-state index in [1.165, 1.54) is 29.6 Å². The molecule has 1 atom stereocenters. The SMILES string of the molecule is CCOC(CC)C(=O)Nc1cc(S(=O)(=O)N2CCOCC2)ccc1OC. The van der Waals surface area contributed by atoms with Gasteiger partial charge in [-0.15, -0.1) is 0 Å². The number of nitrogens with zero attached hydrogens (tertiary/aromatic N) is 1. The molecule has 1 amide bonds. The zero-order valence-electron chi connectivity index (χ0n) is 15.4. The Kier molecular flexibility index (Phi) is 7.39. The van der Waals surface area contributed by atoms with E-state index in [0.717, 1.165) is 0 Å². The Balaban J connectivity index is 2.29. The van der Waals surface area contributed by atoms with E-state index in [2.05, 4.69) is 5.32 Å². The first-order valence-electron chi connectivity index (χ1n) is 8.62. The predicted molar refractivity (Wildman–Crippen MR) is 96.9 cm³/mol. The van der Waals surface area contributed by atoms with E-state index in [0.29, 0.717) is 50.8 Å². The van der Waals surface area contributed by atoms with Crippen LogP contribution in [0.1, 0.15) is 20.3 Å². The minimum absolute atomic E-state index is 0.0972. The Bertz CT molecular complexity index is 716. The fourth-order valence-electron chi connectivity index (χ4n) is 2.67. The van der Waals surface area contributed by atoms with Crippen molar-refractivity contribution in [3.8, 4) is 5.75 Å². The molecule has 26 heavy (non-hydrogen) atoms. The van der Waals surface area contributed by atoms with Gasteiger partial charge in [0.2, 0.25) is 10.0 Å². The number of hydrogen-bond acceptors (Lipinski definition) is 6. The largest absolute Gasteiger partial charge is 0.495 e. The number of methoxy groups -OCH3 is 1. The molecule has 1 aromatic rings. The second-order valence-corrected chi connectivity index (χ2v) is 7.66. The number of morpholine rings is 1. The lowest BCUT2D eigenvalue weighted by molar-refractivity contribution is -0.127. The highest BCUT2D eigenvalue weighted by atomic mass is 32.2. The first-order chi connectivity index (χ1) is 12.4. The minimum atomic E-state index is -3.67. The van der Waals surface area contributed by atoms with E-state index in [4.69, 9.17) is 14.2 Å². The first kappa shape index (κ1) is 20.6. The summed E-state index contributed by atoms with van der Waals surface area (Å²) in [6, 6.07) is 4.42. The van der Waals surface area contributed by atoms with Gasteiger partial charge in [-0.25, -0.2) is 8.42 Å². The van der Waals surface area contributed by atoms with Crippen LogP contribution >= 0.6 is 0 Å². The Morgan fingerprint density at radius 1 is 1.31 bits per heavy atom. The van der Waals surface area contributed by atoms with E-state index < -0.39 is 16.1 Å². The summed E-state index contributed by atoms with van der Waals surface area (Å²) in [5.41, 5.74) is 0.296. The number of carbonyl (C=O) groups excluding carboxylic acids is 1. The zero-order chi connectivity index (χ0) is 19.2. The van der Waals surface area contributed by atoms with Crippen LogP contribution in [0.2, 0.25) is 0 Å². The van der Waals surface area contributed by atoms with Crippen molar-refractivity contribution in [2.24, 2.45) is 0 Å². The fraction of sp³-hybridized carbons (Fsp3) is 0.588. The average molecular weight is 386 g/mol. The molecule has 2 rings (SSSR count). The second-order valence-electron chi connectivity index (χ2n) is 5.72. The lowest BCUT2D eigenvalue weighted by Crippen LogP contribution is -2.40. The molecule has 1 aromatic carbocycles. The Morgan fingerprint density at radius 2 is 2.00 bits per heavy atom. The lowest BCUT2D eigenvalue weighted by atomic mass is 10.2. The van der Waals surface area contributed by atoms with E-state index in [-0.39, 0.29) is 10.8 Å². The van der Waals surface area contributed by atoms with Crippen LogP contribution in [0, 0.1) is 0 Å². The van der Waals surface area contributed by atoms with Crippen molar-refractivity contribution >= 4 is 21.6 Å². The minimum Gasteiger partial charge on any atom is -0.495 e. The number of hydrogen-bond donors (Lipinski definition) is 1. The molecule has 0 aliphatic carbocycles. The van der Waals surface area contributed by atoms with Gasteiger partial charge >= 0.3 is 0 Å². The van der Waals surface area contributed by atoms with Crippen molar-refractivity contribution in [2.75, 3.05) is 45.3 Å². The van der Waals surface area contributed by atoms with Gasteiger partial charge in [0.1, 0.15) is 11.9 Å². The van der Waals surface area contributed by atoms with Crippen LogP contribution in [0.4, 0.5) is 5.69 Å². The van der Waals surface area contributed by atoms with Crippen molar-refractivity contribution in [3.63, 3.8) is 0 Å². The third-order valence-corrected chi connectivity index (χ3v) is 5.96. The maximum absolute atomic E-state index is 12.8. The number of carbonyl (C=O) groups is 1. The van der Waals surface area contributed by atoms with Crippen molar-refractivity contribution in [2.45, 2.75) is 31.3 Å². The summed E-state index contributed by atoms with van der Waals surface area (Å²) in [6.45, 7) is 5.41. The molecule has 1 fully saturated rings. The Hall–Kier alpha value is -1.68. The molecule has 9 heteroatoms. The summed E-state index contributed by atoms with van der Waals surface area (Å²) in [5, 5.41) is 2.72. The molecular weight excluding hydrogens is 360 g/mol. The fourth-order valence-corrected chi connectivity index (χ4v) is 4.11. The summed E-state index contributed by atoms with van der Waals surface area (Å²) >= 11 is 0. The molecule has 0 bridgehead atoms. The first-order valence-corrected chi connectivity index (χ1v) is 10.1. The highest BCUT2D eigenvalue weighted by molar-refractivity contribution is 7.89. The average Bonchev–Trinajstić information content (AvgIpc) is 2.66. The molecule has 1 N–H and O–H groups in total. The summed E-state index contributed by atoms with van der Waals surface area (Å²) in [7, 11) is -2.21. The number of amides is 1. The van der Waals surface area contributed by atoms with E-state index >= 15 is 0 Å². The molecule has 0 saturated carbocycles. The molecule has 8 nitrogen and oxygen atoms in total. The highest BCUT2D eigenvalue weighted by Crippen LogP contribution is 2.29. The van der Waals surface area contributed by atoms with Gasteiger partial charge in [-0.05, 0) is 31.5 Å². The van der Waals surface area contributed by atoms with Gasteiger partial charge in [0.15, 0.2) is 0 Å². The molecule has 0 aromatic heterocycles. The predicted octanol–water partition coefficient (Wildman–Crippen LogP) is 1.47. The van der Waals surface area contributed by atoms with Crippen LogP contribution in [-0.4, -0.2) is 64.8 Å². The van der Waals surface area contributed by atoms with Gasteiger partial charge in [-0.3, -0.25) is 4.79 Å². The van der Waals surface area contributed by atoms with Gasteiger partial charge < -0.3 is 19.5 Å². The number of sulfonamides is 1. The molecule has 146 valence electrons. The summed E-state index contributed by atoms with van der Waals surface area (Å²) < 4.78 is 42.8. The number of ether oxygens (including phenoxy) is 3. The van der Waals surface area contributed by atoms with Gasteiger partial charge in [0.25, 0.3) is 5.91 Å². The van der Waals surface area contributed by atoms with Crippen LogP contribution in [0.25, 0.3) is 0 Å². The van der Waals surface area contributed by atoms with Crippen molar-refractivity contribution in [1.82, 2.24) is 4.31 Å². The normalized spacial score (nSPS) is 16.9. The molecule has 0 radical (unpaired) electrons. The quantitative estimate of drug-likeness (QED) is 0.727. The standard InChI is InChI=1S/C17H26N2O6S/c1-4-15(25-5-2)17(20)18-14-12-13(6-7-16(14)23-3)26(21,22)19-8-10-24-11-9-19/h6-7,12,15H,4-5,8-11H2,1-3H3,(H,18,20). The monoisotopic (exact) mass is 386 g/mol. The maximum atomic E-state index is 12.8. The lowest BCUT2D eigenvalue weighted by Gasteiger charge is -2.26. The van der Waals surface area contributed by atoms with Crippen molar-refractivity contribution in [1.29, 1.82) is 0 Å². The third kappa shape index (κ3) is 4.73. The summed E-state index contributed by atoms with van der Waals surface area (Å²) in [5.74, 6) is 0.0409. The van der Waals surface area contributed by atoms with Crippen LogP contribution in [0.5, 0.6) is 5.75 Å². The van der Waals surface area contributed by atoms with E-state index in [1.807, 2.05) is 13.8 Å². The van der Waals surface area contributed by atoms with Crippen LogP contribution in [-0.2, 0) is 24.3 Å². The van der Waals surface area contributed by atoms with E-state index in [9.17, 15) is 13.2 Å². The van der Waals surface area contributed by atoms with Gasteiger partial charge in [-0.1, -0.05) is 6.92 Å². The molecule has 1 saturated heterocycles. The highest BCUT2D eigenvalue weighted by Gasteiger charge is 2.27. The smallest absolute Gasteiger partial charge is 0.253 e. The molecular formula is C17H26N2O6S. The van der Waals surface area contributed by atoms with Crippen LogP contribution in [0.15, 0.2) is 23.1 Å². The Morgan fingerprint density at radius 3 is 2.58 bits per heavy atom. The van der Waals surface area contributed by atoms with Crippen molar-refractivity contribution in [3.05, 3.63) is 18.2 Å². The van der Waals surface area contributed by atoms with E-state index in [1.54, 1.807) is 0 Å². The van der Waals surface area contributed by atoms with Gasteiger partial charge in [0.05, 0.1) is 30.9 Å². The molecule has 1 unspecified atom stereocenters. The molecule has 1 aliphatic heterocycles. The second kappa shape index (κ2) is 9.31. The number of nitrogens with one attached hydrogen (secondary N) is 1. The van der Waals surface area contributed by atoms with Crippen LogP contribution in [0.3, 0.4) is 0 Å². The summed E-state index contributed by atoms with van der Waals surface area (Å²) in [6.07, 6.45) is -0.0995. The maximum Gasteiger partial charge on any atom is 0.253 e. The van der Waals surface area contributed by atoms with Crippen molar-refractivity contribution < 1.29 is 27.4 Å². The Labute approximate surface area is 154 Å². The third-order valence-electron chi connectivity index (χ3n) is 4.07. The van der Waals surface area contributed by atoms with Crippen LogP contribution < -0.4 is 10.1 Å². The number of anilines is 1. The number of benzene rings is 1. The van der Waals surface area contributed by atoms with Gasteiger partial charge in [-0.2, -0.15) is 4.31 Å². The summed E-state index contributed by atoms with van der Waals surface area (Å²) in [4.78, 5) is 12.5. The number of rotatable bonds is 8. The molecule has 1 aliphatic rings. The molecule has 0 spiro atoms. The molecule has 1 heterocycles. The van der Waals surface area contributed by atoms with Gasteiger partial charge in [0, 0.05) is 19.7 Å². The topological polar surface area (TPSA) is 94.2 Å².